The van der Waals surface area contributed by atoms with Gasteiger partial charge in [-0.1, -0.05) is 0 Å². The van der Waals surface area contributed by atoms with Gasteiger partial charge < -0.3 is 5.32 Å². The monoisotopic (exact) mass is 270 g/mol. The Morgan fingerprint density at radius 1 is 1.25 bits per heavy atom. The first-order valence-electron chi connectivity index (χ1n) is 5.20. The fraction of sp³-hybridized carbons (Fsp3) is 1.00. The molecule has 8 heteroatoms. The van der Waals surface area contributed by atoms with Gasteiger partial charge >= 0.3 is 0 Å². The minimum atomic E-state index is -3.17. The van der Waals surface area contributed by atoms with Crippen molar-refractivity contribution < 1.29 is 16.8 Å². The molecular weight excluding hydrogens is 252 g/mol. The van der Waals surface area contributed by atoms with Crippen molar-refractivity contribution in [1.82, 2.24) is 10.0 Å². The van der Waals surface area contributed by atoms with Crippen LogP contribution >= 0.6 is 0 Å². The van der Waals surface area contributed by atoms with E-state index in [0.29, 0.717) is 19.4 Å². The van der Waals surface area contributed by atoms with Gasteiger partial charge in [0.05, 0.1) is 17.3 Å². The molecule has 0 aromatic heterocycles. The van der Waals surface area contributed by atoms with Crippen LogP contribution in [0.3, 0.4) is 0 Å². The summed E-state index contributed by atoms with van der Waals surface area (Å²) in [5.74, 6) is 0.416. The van der Waals surface area contributed by atoms with Gasteiger partial charge in [0, 0.05) is 12.6 Å². The molecule has 1 aliphatic heterocycles. The zero-order valence-corrected chi connectivity index (χ0v) is 10.9. The lowest BCUT2D eigenvalue weighted by Crippen LogP contribution is -2.40. The summed E-state index contributed by atoms with van der Waals surface area (Å²) in [5, 5.41) is 3.07. The maximum absolute atomic E-state index is 11.1. The van der Waals surface area contributed by atoms with Gasteiger partial charge in [0.25, 0.3) is 0 Å². The van der Waals surface area contributed by atoms with Gasteiger partial charge in [0.1, 0.15) is 9.84 Å². The molecule has 0 atom stereocenters. The first-order valence-corrected chi connectivity index (χ1v) is 8.67. The third kappa shape index (κ3) is 4.77. The van der Waals surface area contributed by atoms with Gasteiger partial charge in [0.15, 0.2) is 0 Å². The number of nitrogens with one attached hydrogen (secondary N) is 2. The Morgan fingerprint density at radius 2 is 1.81 bits per heavy atom. The summed E-state index contributed by atoms with van der Waals surface area (Å²) in [4.78, 5) is 0. The van der Waals surface area contributed by atoms with Crippen LogP contribution < -0.4 is 10.0 Å². The highest BCUT2D eigenvalue weighted by Crippen LogP contribution is 2.11. The average molecular weight is 270 g/mol. The second-order valence-electron chi connectivity index (χ2n) is 3.90. The highest BCUT2D eigenvalue weighted by Gasteiger charge is 2.23. The van der Waals surface area contributed by atoms with E-state index in [9.17, 15) is 16.8 Å². The predicted octanol–water partition coefficient (Wildman–Crippen LogP) is -1.30. The molecule has 1 saturated heterocycles. The number of sulfonamides is 1. The van der Waals surface area contributed by atoms with Gasteiger partial charge in [-0.05, 0) is 19.9 Å². The topological polar surface area (TPSA) is 92.3 Å². The van der Waals surface area contributed by atoms with E-state index in [1.165, 1.54) is 7.05 Å². The highest BCUT2D eigenvalue weighted by molar-refractivity contribution is 7.91. The minimum absolute atomic E-state index is 0.0206. The number of hydrogen-bond acceptors (Lipinski definition) is 5. The average Bonchev–Trinajstić information content (AvgIpc) is 2.20. The SMILES string of the molecule is CNS(=O)(=O)CCNC1CCS(=O)(=O)CC1. The quantitative estimate of drug-likeness (QED) is 0.648. The van der Waals surface area contributed by atoms with E-state index in [4.69, 9.17) is 0 Å². The van der Waals surface area contributed by atoms with Gasteiger partial charge in [0.2, 0.25) is 10.0 Å². The van der Waals surface area contributed by atoms with Crippen molar-refractivity contribution in [1.29, 1.82) is 0 Å². The third-order valence-corrected chi connectivity index (χ3v) is 5.75. The van der Waals surface area contributed by atoms with E-state index in [-0.39, 0.29) is 23.3 Å². The zero-order chi connectivity index (χ0) is 12.2. The van der Waals surface area contributed by atoms with Crippen LogP contribution in [0.25, 0.3) is 0 Å². The molecule has 0 aromatic carbocycles. The second-order valence-corrected chi connectivity index (χ2v) is 8.25. The van der Waals surface area contributed by atoms with E-state index in [0.717, 1.165) is 0 Å². The molecule has 1 fully saturated rings. The molecule has 0 radical (unpaired) electrons. The van der Waals surface area contributed by atoms with Crippen LogP contribution in [-0.4, -0.2) is 53.7 Å². The van der Waals surface area contributed by atoms with E-state index in [2.05, 4.69) is 10.0 Å². The molecule has 0 saturated carbocycles. The minimum Gasteiger partial charge on any atom is -0.313 e. The summed E-state index contributed by atoms with van der Waals surface area (Å²) in [7, 11) is -4.64. The lowest BCUT2D eigenvalue weighted by molar-refractivity contribution is 0.473. The molecule has 0 aliphatic carbocycles. The molecular formula is C8H18N2O4S2. The van der Waals surface area contributed by atoms with Crippen LogP contribution in [0.1, 0.15) is 12.8 Å². The van der Waals surface area contributed by atoms with Gasteiger partial charge in [-0.2, -0.15) is 0 Å². The van der Waals surface area contributed by atoms with E-state index in [1.54, 1.807) is 0 Å². The van der Waals surface area contributed by atoms with Gasteiger partial charge in [-0.3, -0.25) is 0 Å². The largest absolute Gasteiger partial charge is 0.313 e. The Bertz CT molecular complexity index is 401. The van der Waals surface area contributed by atoms with E-state index < -0.39 is 19.9 Å². The first kappa shape index (κ1) is 13.9. The molecule has 6 nitrogen and oxygen atoms in total. The lowest BCUT2D eigenvalue weighted by atomic mass is 10.1. The maximum atomic E-state index is 11.1. The Labute approximate surface area is 96.8 Å². The summed E-state index contributed by atoms with van der Waals surface area (Å²) in [5.41, 5.74) is 0. The van der Waals surface area contributed by atoms with Crippen LogP contribution in [0.15, 0.2) is 0 Å². The van der Waals surface area contributed by atoms with Crippen LogP contribution in [0.2, 0.25) is 0 Å². The molecule has 1 heterocycles. The lowest BCUT2D eigenvalue weighted by Gasteiger charge is -2.22. The van der Waals surface area contributed by atoms with Crippen molar-refractivity contribution in [2.75, 3.05) is 30.9 Å². The molecule has 0 bridgehead atoms. The molecule has 2 N–H and O–H groups in total. The molecule has 0 unspecified atom stereocenters. The zero-order valence-electron chi connectivity index (χ0n) is 9.27. The molecule has 0 aromatic rings. The number of hydrogen-bond donors (Lipinski definition) is 2. The summed E-state index contributed by atoms with van der Waals surface area (Å²) in [6, 6.07) is 0.121. The smallest absolute Gasteiger partial charge is 0.212 e. The van der Waals surface area contributed by atoms with E-state index >= 15 is 0 Å². The summed E-state index contributed by atoms with van der Waals surface area (Å²) < 4.78 is 46.7. The normalized spacial score (nSPS) is 22.1. The van der Waals surface area contributed by atoms with Crippen LogP contribution in [-0.2, 0) is 19.9 Å². The summed E-state index contributed by atoms with van der Waals surface area (Å²) >= 11 is 0. The van der Waals surface area contributed by atoms with Crippen LogP contribution in [0, 0.1) is 0 Å². The highest BCUT2D eigenvalue weighted by atomic mass is 32.2. The fourth-order valence-corrected chi connectivity index (χ4v) is 3.68. The molecule has 1 rings (SSSR count). The maximum Gasteiger partial charge on any atom is 0.212 e. The molecule has 0 amide bonds. The molecule has 16 heavy (non-hydrogen) atoms. The Morgan fingerprint density at radius 3 is 2.31 bits per heavy atom. The predicted molar refractivity (Wildman–Crippen MR) is 62.5 cm³/mol. The first-order chi connectivity index (χ1) is 7.35. The second kappa shape index (κ2) is 5.44. The van der Waals surface area contributed by atoms with Crippen molar-refractivity contribution >= 4 is 19.9 Å². The van der Waals surface area contributed by atoms with Gasteiger partial charge in [-0.15, -0.1) is 0 Å². The van der Waals surface area contributed by atoms with Crippen molar-refractivity contribution in [2.24, 2.45) is 0 Å². The van der Waals surface area contributed by atoms with Crippen molar-refractivity contribution in [3.05, 3.63) is 0 Å². The number of rotatable bonds is 5. The number of sulfone groups is 1. The van der Waals surface area contributed by atoms with Gasteiger partial charge in [-0.25, -0.2) is 21.6 Å². The van der Waals surface area contributed by atoms with Crippen LogP contribution in [0.4, 0.5) is 0 Å². The molecule has 1 aliphatic rings. The summed E-state index contributed by atoms with van der Waals surface area (Å²) in [6.07, 6.45) is 1.14. The standard InChI is InChI=1S/C8H18N2O4S2/c1-9-16(13,14)7-4-10-8-2-5-15(11,12)6-3-8/h8-10H,2-7H2,1H3. The molecule has 0 spiro atoms. The van der Waals surface area contributed by atoms with Crippen molar-refractivity contribution in [2.45, 2.75) is 18.9 Å². The Balaban J connectivity index is 2.26. The van der Waals surface area contributed by atoms with Crippen molar-refractivity contribution in [3.8, 4) is 0 Å². The summed E-state index contributed by atoms with van der Waals surface area (Å²) in [6.45, 7) is 0.355. The van der Waals surface area contributed by atoms with Crippen LogP contribution in [0.5, 0.6) is 0 Å². The van der Waals surface area contributed by atoms with E-state index in [1.807, 2.05) is 0 Å². The third-order valence-electron chi connectivity index (χ3n) is 2.67. The Kier molecular flexibility index (Phi) is 4.72. The Hall–Kier alpha value is -0.180. The van der Waals surface area contributed by atoms with Crippen molar-refractivity contribution in [3.63, 3.8) is 0 Å². The molecule has 96 valence electrons. The fourth-order valence-electron chi connectivity index (χ4n) is 1.59.